The van der Waals surface area contributed by atoms with E-state index in [0.717, 1.165) is 44.5 Å². The molecule has 0 bridgehead atoms. The zero-order valence-electron chi connectivity index (χ0n) is 15.0. The Hall–Kier alpha value is -2.20. The Balaban J connectivity index is 1.59. The van der Waals surface area contributed by atoms with E-state index in [1.54, 1.807) is 0 Å². The van der Waals surface area contributed by atoms with E-state index in [2.05, 4.69) is 17.4 Å². The van der Waals surface area contributed by atoms with Crippen LogP contribution in [0.2, 0.25) is 0 Å². The number of rotatable bonds is 4. The molecule has 4 rings (SSSR count). The van der Waals surface area contributed by atoms with Crippen LogP contribution in [0.1, 0.15) is 42.0 Å². The molecular weight excluding hydrogens is 327 g/mol. The van der Waals surface area contributed by atoms with Gasteiger partial charge in [0.2, 0.25) is 5.91 Å². The molecule has 26 heavy (non-hydrogen) atoms. The summed E-state index contributed by atoms with van der Waals surface area (Å²) < 4.78 is 13.4. The molecule has 0 aromatic heterocycles. The van der Waals surface area contributed by atoms with Crippen molar-refractivity contribution in [2.75, 3.05) is 19.6 Å². The number of hydrogen-bond donors (Lipinski definition) is 1. The van der Waals surface area contributed by atoms with Crippen molar-refractivity contribution in [3.8, 4) is 0 Å². The fourth-order valence-corrected chi connectivity index (χ4v) is 4.27. The van der Waals surface area contributed by atoms with Crippen molar-refractivity contribution in [3.63, 3.8) is 0 Å². The van der Waals surface area contributed by atoms with Crippen molar-refractivity contribution in [1.29, 1.82) is 0 Å². The third-order valence-electron chi connectivity index (χ3n) is 5.72. The summed E-state index contributed by atoms with van der Waals surface area (Å²) in [6.07, 6.45) is 3.58. The standard InChI is InChI=1S/C22H25FN2O/c23-19-8-6-18(7-9-19)22-20-4-2-1-3-17(20)12-14-25(22)21(26)10-5-16-11-13-24-15-16/h1-4,6-9,16,22,24H,5,10-15H2/t16-,22-/m0/s1. The fraction of sp³-hybridized carbons (Fsp3) is 0.409. The van der Waals surface area contributed by atoms with Crippen LogP contribution in [0.4, 0.5) is 4.39 Å². The number of halogens is 1. The van der Waals surface area contributed by atoms with Gasteiger partial charge in [0.15, 0.2) is 0 Å². The summed E-state index contributed by atoms with van der Waals surface area (Å²) in [5.74, 6) is 0.575. The van der Waals surface area contributed by atoms with Crippen LogP contribution in [0.5, 0.6) is 0 Å². The zero-order valence-corrected chi connectivity index (χ0v) is 15.0. The summed E-state index contributed by atoms with van der Waals surface area (Å²) in [6, 6.07) is 14.8. The average molecular weight is 352 g/mol. The SMILES string of the molecule is O=C(CC[C@H]1CCNC1)N1CCc2ccccc2[C@@H]1c1ccc(F)cc1. The van der Waals surface area contributed by atoms with Gasteiger partial charge in [-0.15, -0.1) is 0 Å². The van der Waals surface area contributed by atoms with Crippen LogP contribution in [-0.2, 0) is 11.2 Å². The molecule has 1 amide bonds. The van der Waals surface area contributed by atoms with Gasteiger partial charge in [-0.2, -0.15) is 0 Å². The molecule has 4 heteroatoms. The van der Waals surface area contributed by atoms with E-state index < -0.39 is 0 Å². The summed E-state index contributed by atoms with van der Waals surface area (Å²) in [4.78, 5) is 15.0. The van der Waals surface area contributed by atoms with E-state index >= 15 is 0 Å². The van der Waals surface area contributed by atoms with Crippen LogP contribution >= 0.6 is 0 Å². The number of hydrogen-bond acceptors (Lipinski definition) is 2. The molecule has 1 fully saturated rings. The molecule has 3 nitrogen and oxygen atoms in total. The van der Waals surface area contributed by atoms with Gasteiger partial charge >= 0.3 is 0 Å². The van der Waals surface area contributed by atoms with Crippen molar-refractivity contribution in [2.45, 2.75) is 31.7 Å². The van der Waals surface area contributed by atoms with Crippen LogP contribution in [0, 0.1) is 11.7 Å². The monoisotopic (exact) mass is 352 g/mol. The number of carbonyl (C=O) groups is 1. The van der Waals surface area contributed by atoms with Gasteiger partial charge in [-0.25, -0.2) is 4.39 Å². The average Bonchev–Trinajstić information content (AvgIpc) is 3.19. The Kier molecular flexibility index (Phi) is 5.02. The molecule has 0 spiro atoms. The van der Waals surface area contributed by atoms with Gasteiger partial charge in [-0.05, 0) is 67.1 Å². The van der Waals surface area contributed by atoms with E-state index in [-0.39, 0.29) is 17.8 Å². The Morgan fingerprint density at radius 1 is 1.15 bits per heavy atom. The first kappa shape index (κ1) is 17.2. The largest absolute Gasteiger partial charge is 0.331 e. The maximum Gasteiger partial charge on any atom is 0.223 e. The highest BCUT2D eigenvalue weighted by molar-refractivity contribution is 5.78. The predicted octanol–water partition coefficient (Wildman–Crippen LogP) is 3.69. The van der Waals surface area contributed by atoms with Crippen molar-refractivity contribution >= 4 is 5.91 Å². The highest BCUT2D eigenvalue weighted by Gasteiger charge is 2.32. The zero-order chi connectivity index (χ0) is 17.9. The van der Waals surface area contributed by atoms with E-state index in [4.69, 9.17) is 0 Å². The molecule has 0 aliphatic carbocycles. The first-order valence-electron chi connectivity index (χ1n) is 9.56. The summed E-state index contributed by atoms with van der Waals surface area (Å²) >= 11 is 0. The second-order valence-corrected chi connectivity index (χ2v) is 7.39. The van der Waals surface area contributed by atoms with Crippen molar-refractivity contribution in [3.05, 3.63) is 71.0 Å². The van der Waals surface area contributed by atoms with Gasteiger partial charge < -0.3 is 10.2 Å². The Morgan fingerprint density at radius 2 is 1.96 bits per heavy atom. The van der Waals surface area contributed by atoms with Crippen LogP contribution in [0.25, 0.3) is 0 Å². The van der Waals surface area contributed by atoms with Gasteiger partial charge in [0.25, 0.3) is 0 Å². The molecule has 2 aromatic carbocycles. The van der Waals surface area contributed by atoms with Gasteiger partial charge in [-0.1, -0.05) is 36.4 Å². The summed E-state index contributed by atoms with van der Waals surface area (Å²) in [7, 11) is 0. The van der Waals surface area contributed by atoms with E-state index in [9.17, 15) is 9.18 Å². The number of benzene rings is 2. The van der Waals surface area contributed by atoms with Gasteiger partial charge in [0, 0.05) is 13.0 Å². The third-order valence-corrected chi connectivity index (χ3v) is 5.72. The predicted molar refractivity (Wildman–Crippen MR) is 100 cm³/mol. The molecular formula is C22H25FN2O. The molecule has 2 aliphatic rings. The van der Waals surface area contributed by atoms with Gasteiger partial charge in [0.05, 0.1) is 6.04 Å². The summed E-state index contributed by atoms with van der Waals surface area (Å²) in [6.45, 7) is 2.81. The lowest BCUT2D eigenvalue weighted by atomic mass is 9.87. The normalized spacial score (nSPS) is 22.3. The minimum absolute atomic E-state index is 0.116. The first-order valence-corrected chi connectivity index (χ1v) is 9.56. The molecule has 0 saturated carbocycles. The second kappa shape index (κ2) is 7.58. The highest BCUT2D eigenvalue weighted by Crippen LogP contribution is 2.36. The summed E-state index contributed by atoms with van der Waals surface area (Å²) in [5, 5.41) is 3.37. The van der Waals surface area contributed by atoms with Crippen molar-refractivity contribution < 1.29 is 9.18 Å². The molecule has 1 N–H and O–H groups in total. The van der Waals surface area contributed by atoms with Gasteiger partial charge in [0.1, 0.15) is 5.82 Å². The Labute approximate surface area is 154 Å². The Morgan fingerprint density at radius 3 is 2.73 bits per heavy atom. The lowest BCUT2D eigenvalue weighted by Crippen LogP contribution is -2.40. The maximum atomic E-state index is 13.4. The van der Waals surface area contributed by atoms with Crippen LogP contribution in [0.3, 0.4) is 0 Å². The van der Waals surface area contributed by atoms with E-state index in [1.807, 2.05) is 29.2 Å². The smallest absolute Gasteiger partial charge is 0.223 e. The molecule has 1 saturated heterocycles. The quantitative estimate of drug-likeness (QED) is 0.910. The van der Waals surface area contributed by atoms with E-state index in [0.29, 0.717) is 12.3 Å². The molecule has 136 valence electrons. The summed E-state index contributed by atoms with van der Waals surface area (Å²) in [5.41, 5.74) is 3.43. The molecule has 2 atom stereocenters. The van der Waals surface area contributed by atoms with Crippen LogP contribution in [0.15, 0.2) is 48.5 Å². The Bertz CT molecular complexity index is 768. The minimum Gasteiger partial charge on any atom is -0.331 e. The number of fused-ring (bicyclic) bond motifs is 1. The number of nitrogens with one attached hydrogen (secondary N) is 1. The highest BCUT2D eigenvalue weighted by atomic mass is 19.1. The number of carbonyl (C=O) groups excluding carboxylic acids is 1. The fourth-order valence-electron chi connectivity index (χ4n) is 4.27. The number of nitrogens with zero attached hydrogens (tertiary/aromatic N) is 1. The van der Waals surface area contributed by atoms with Crippen LogP contribution < -0.4 is 5.32 Å². The molecule has 0 radical (unpaired) electrons. The molecule has 2 heterocycles. The molecule has 2 aliphatic heterocycles. The first-order chi connectivity index (χ1) is 12.7. The van der Waals surface area contributed by atoms with E-state index in [1.165, 1.54) is 23.3 Å². The molecule has 0 unspecified atom stereocenters. The second-order valence-electron chi connectivity index (χ2n) is 7.39. The van der Waals surface area contributed by atoms with Gasteiger partial charge in [-0.3, -0.25) is 4.79 Å². The lowest BCUT2D eigenvalue weighted by Gasteiger charge is -2.38. The van der Waals surface area contributed by atoms with Crippen molar-refractivity contribution in [2.24, 2.45) is 5.92 Å². The number of amides is 1. The lowest BCUT2D eigenvalue weighted by molar-refractivity contribution is -0.133. The minimum atomic E-state index is -0.246. The molecule has 2 aromatic rings. The maximum absolute atomic E-state index is 13.4. The van der Waals surface area contributed by atoms with Crippen LogP contribution in [-0.4, -0.2) is 30.4 Å². The topological polar surface area (TPSA) is 32.3 Å². The third kappa shape index (κ3) is 3.51. The van der Waals surface area contributed by atoms with Crippen molar-refractivity contribution in [1.82, 2.24) is 10.2 Å².